The summed E-state index contributed by atoms with van der Waals surface area (Å²) in [6.45, 7) is 3.77. The van der Waals surface area contributed by atoms with E-state index in [1.807, 2.05) is 0 Å². The number of unbranched alkanes of at least 4 members (excludes halogenated alkanes) is 3. The molecule has 0 spiro atoms. The first-order valence-electron chi connectivity index (χ1n) is 7.87. The summed E-state index contributed by atoms with van der Waals surface area (Å²) in [4.78, 5) is 0. The molecule has 2 nitrogen and oxygen atoms in total. The second-order valence-corrected chi connectivity index (χ2v) is 5.42. The van der Waals surface area contributed by atoms with Crippen LogP contribution in [0.3, 0.4) is 0 Å². The predicted octanol–water partition coefficient (Wildman–Crippen LogP) is 4.53. The largest absolute Gasteiger partial charge is 0.491 e. The summed E-state index contributed by atoms with van der Waals surface area (Å²) in [5.74, 6) is 0.948. The van der Waals surface area contributed by atoms with Crippen molar-refractivity contribution in [1.82, 2.24) is 0 Å². The van der Waals surface area contributed by atoms with Gasteiger partial charge in [0, 0.05) is 0 Å². The number of hydrogen-bond donors (Lipinski definition) is 0. The Labute approximate surface area is 122 Å². The zero-order valence-electron chi connectivity index (χ0n) is 12.5. The molecule has 1 atom stereocenters. The highest BCUT2D eigenvalue weighted by molar-refractivity contribution is 5.27. The van der Waals surface area contributed by atoms with Crippen molar-refractivity contribution in [3.05, 3.63) is 42.0 Å². The number of hydrogen-bond acceptors (Lipinski definition) is 2. The molecule has 0 aliphatic carbocycles. The summed E-state index contributed by atoms with van der Waals surface area (Å²) in [7, 11) is 0. The summed E-state index contributed by atoms with van der Waals surface area (Å²) in [6.07, 6.45) is 12.3. The number of benzene rings is 1. The van der Waals surface area contributed by atoms with Crippen molar-refractivity contribution in [2.45, 2.75) is 51.6 Å². The zero-order chi connectivity index (χ0) is 14.0. The Kier molecular flexibility index (Phi) is 6.65. The van der Waals surface area contributed by atoms with Gasteiger partial charge >= 0.3 is 0 Å². The van der Waals surface area contributed by atoms with Crippen molar-refractivity contribution in [3.63, 3.8) is 0 Å². The molecule has 0 radical (unpaired) electrons. The van der Waals surface area contributed by atoms with Gasteiger partial charge in [0.05, 0.1) is 6.61 Å². The first-order chi connectivity index (χ1) is 9.88. The molecule has 1 heterocycles. The van der Waals surface area contributed by atoms with E-state index in [9.17, 15) is 0 Å². The number of epoxide rings is 1. The average Bonchev–Trinajstić information content (AvgIpc) is 3.30. The van der Waals surface area contributed by atoms with Crippen LogP contribution in [0.15, 0.2) is 36.4 Å². The van der Waals surface area contributed by atoms with Crippen LogP contribution in [-0.4, -0.2) is 19.3 Å². The zero-order valence-corrected chi connectivity index (χ0v) is 12.5. The van der Waals surface area contributed by atoms with E-state index in [1.54, 1.807) is 0 Å². The van der Waals surface area contributed by atoms with Crippen molar-refractivity contribution >= 4 is 0 Å². The number of rotatable bonds is 10. The van der Waals surface area contributed by atoms with Crippen LogP contribution in [0.4, 0.5) is 0 Å². The van der Waals surface area contributed by atoms with Crippen LogP contribution in [0.2, 0.25) is 0 Å². The first-order valence-corrected chi connectivity index (χ1v) is 7.87. The molecule has 0 bridgehead atoms. The van der Waals surface area contributed by atoms with Crippen LogP contribution in [0.5, 0.6) is 5.75 Å². The molecule has 0 amide bonds. The second-order valence-electron chi connectivity index (χ2n) is 5.42. The summed E-state index contributed by atoms with van der Waals surface area (Å²) in [5, 5.41) is 0. The summed E-state index contributed by atoms with van der Waals surface area (Å²) in [6, 6.07) is 8.47. The van der Waals surface area contributed by atoms with Crippen LogP contribution in [0, 0.1) is 0 Å². The molecule has 1 fully saturated rings. The minimum Gasteiger partial charge on any atom is -0.491 e. The third-order valence-corrected chi connectivity index (χ3v) is 3.49. The van der Waals surface area contributed by atoms with Crippen molar-refractivity contribution in [2.75, 3.05) is 13.2 Å². The molecule has 1 saturated heterocycles. The highest BCUT2D eigenvalue weighted by Crippen LogP contribution is 2.16. The standard InChI is InChI=1S/C18H26O2/c1-2-3-4-5-6-7-8-9-16-10-12-17(13-11-16)19-14-18-15-20-18/h5-6,10-13,18H,2-4,7-9,14-15H2,1H3/b6-5+. The monoisotopic (exact) mass is 274 g/mol. The fourth-order valence-electron chi connectivity index (χ4n) is 2.09. The van der Waals surface area contributed by atoms with Gasteiger partial charge < -0.3 is 9.47 Å². The van der Waals surface area contributed by atoms with Gasteiger partial charge in [0.1, 0.15) is 18.5 Å². The van der Waals surface area contributed by atoms with Gasteiger partial charge in [-0.25, -0.2) is 0 Å². The molecular formula is C18H26O2. The maximum Gasteiger partial charge on any atom is 0.119 e. The van der Waals surface area contributed by atoms with Gasteiger partial charge in [-0.1, -0.05) is 44.1 Å². The maximum atomic E-state index is 5.63. The van der Waals surface area contributed by atoms with Gasteiger partial charge in [0.2, 0.25) is 0 Å². The number of aryl methyl sites for hydroxylation is 1. The van der Waals surface area contributed by atoms with Gasteiger partial charge in [-0.3, -0.25) is 0 Å². The Bertz CT molecular complexity index is 390. The Morgan fingerprint density at radius 3 is 2.50 bits per heavy atom. The maximum absolute atomic E-state index is 5.63. The van der Waals surface area contributed by atoms with Crippen LogP contribution >= 0.6 is 0 Å². The minimum absolute atomic E-state index is 0.328. The van der Waals surface area contributed by atoms with E-state index in [4.69, 9.17) is 9.47 Å². The van der Waals surface area contributed by atoms with Crippen LogP contribution < -0.4 is 4.74 Å². The Morgan fingerprint density at radius 1 is 1.15 bits per heavy atom. The SMILES string of the molecule is CCCC/C=C/CCCc1ccc(OCC2CO2)cc1. The van der Waals surface area contributed by atoms with Gasteiger partial charge in [0.25, 0.3) is 0 Å². The molecule has 1 aliphatic rings. The van der Waals surface area contributed by atoms with Crippen molar-refractivity contribution < 1.29 is 9.47 Å². The molecule has 1 unspecified atom stereocenters. The van der Waals surface area contributed by atoms with Crippen molar-refractivity contribution in [1.29, 1.82) is 0 Å². The van der Waals surface area contributed by atoms with Crippen LogP contribution in [-0.2, 0) is 11.2 Å². The molecule has 110 valence electrons. The number of ether oxygens (including phenoxy) is 2. The molecule has 0 aromatic heterocycles. The Balaban J connectivity index is 1.59. The van der Waals surface area contributed by atoms with Crippen LogP contribution in [0.25, 0.3) is 0 Å². The first kappa shape index (κ1) is 15.1. The van der Waals surface area contributed by atoms with Crippen molar-refractivity contribution in [2.24, 2.45) is 0 Å². The topological polar surface area (TPSA) is 21.8 Å². The van der Waals surface area contributed by atoms with E-state index in [0.29, 0.717) is 12.7 Å². The predicted molar refractivity (Wildman–Crippen MR) is 83.3 cm³/mol. The van der Waals surface area contributed by atoms with Gasteiger partial charge in [-0.2, -0.15) is 0 Å². The Hall–Kier alpha value is -1.28. The van der Waals surface area contributed by atoms with Gasteiger partial charge in [-0.05, 0) is 43.4 Å². The van der Waals surface area contributed by atoms with Gasteiger partial charge in [0.15, 0.2) is 0 Å². The highest BCUT2D eigenvalue weighted by atomic mass is 16.6. The summed E-state index contributed by atoms with van der Waals surface area (Å²) >= 11 is 0. The lowest BCUT2D eigenvalue weighted by atomic mass is 10.1. The lowest BCUT2D eigenvalue weighted by Gasteiger charge is -2.05. The van der Waals surface area contributed by atoms with E-state index < -0.39 is 0 Å². The highest BCUT2D eigenvalue weighted by Gasteiger charge is 2.22. The molecule has 0 N–H and O–H groups in total. The van der Waals surface area contributed by atoms with E-state index in [0.717, 1.165) is 18.8 Å². The third-order valence-electron chi connectivity index (χ3n) is 3.49. The average molecular weight is 274 g/mol. The second kappa shape index (κ2) is 8.80. The minimum atomic E-state index is 0.328. The summed E-state index contributed by atoms with van der Waals surface area (Å²) < 4.78 is 10.8. The Morgan fingerprint density at radius 2 is 1.85 bits per heavy atom. The van der Waals surface area contributed by atoms with E-state index >= 15 is 0 Å². The van der Waals surface area contributed by atoms with Crippen molar-refractivity contribution in [3.8, 4) is 5.75 Å². The molecule has 20 heavy (non-hydrogen) atoms. The molecule has 1 aromatic carbocycles. The normalized spacial score (nSPS) is 17.6. The fraction of sp³-hybridized carbons (Fsp3) is 0.556. The fourth-order valence-corrected chi connectivity index (χ4v) is 2.09. The molecule has 2 rings (SSSR count). The van der Waals surface area contributed by atoms with E-state index in [1.165, 1.54) is 37.7 Å². The molecular weight excluding hydrogens is 248 g/mol. The smallest absolute Gasteiger partial charge is 0.119 e. The third kappa shape index (κ3) is 6.25. The molecule has 0 saturated carbocycles. The lowest BCUT2D eigenvalue weighted by Crippen LogP contribution is -2.03. The number of allylic oxidation sites excluding steroid dienone is 2. The van der Waals surface area contributed by atoms with Gasteiger partial charge in [-0.15, -0.1) is 0 Å². The molecule has 1 aliphatic heterocycles. The van der Waals surface area contributed by atoms with E-state index in [-0.39, 0.29) is 0 Å². The quantitative estimate of drug-likeness (QED) is 0.355. The molecule has 1 aromatic rings. The molecule has 2 heteroatoms. The van der Waals surface area contributed by atoms with Crippen LogP contribution in [0.1, 0.15) is 44.6 Å². The van der Waals surface area contributed by atoms with E-state index in [2.05, 4.69) is 43.3 Å². The lowest BCUT2D eigenvalue weighted by molar-refractivity contribution is 0.263. The summed E-state index contributed by atoms with van der Waals surface area (Å²) in [5.41, 5.74) is 1.39.